The number of rotatable bonds is 4. The molecule has 15 heavy (non-hydrogen) atoms. The molecule has 86 valence electrons. The van der Waals surface area contributed by atoms with Gasteiger partial charge in [-0.25, -0.2) is 0 Å². The van der Waals surface area contributed by atoms with Crippen molar-refractivity contribution in [3.05, 3.63) is 23.7 Å². The second-order valence-corrected chi connectivity index (χ2v) is 3.10. The zero-order chi connectivity index (χ0) is 11.5. The van der Waals surface area contributed by atoms with Gasteiger partial charge < -0.3 is 14.9 Å². The van der Waals surface area contributed by atoms with Gasteiger partial charge in [-0.1, -0.05) is 0 Å². The summed E-state index contributed by atoms with van der Waals surface area (Å²) >= 11 is 0. The SMILES string of the molecule is Cc1ccc(C(CN)OCC(F)(F)F)o1. The van der Waals surface area contributed by atoms with Gasteiger partial charge >= 0.3 is 6.18 Å². The van der Waals surface area contributed by atoms with E-state index < -0.39 is 18.9 Å². The fraction of sp³-hybridized carbons (Fsp3) is 0.556. The summed E-state index contributed by atoms with van der Waals surface area (Å²) in [7, 11) is 0. The van der Waals surface area contributed by atoms with Crippen LogP contribution in [0.2, 0.25) is 0 Å². The highest BCUT2D eigenvalue weighted by Crippen LogP contribution is 2.23. The first kappa shape index (κ1) is 12.1. The molecule has 1 aromatic rings. The highest BCUT2D eigenvalue weighted by molar-refractivity contribution is 5.08. The van der Waals surface area contributed by atoms with E-state index in [1.165, 1.54) is 0 Å². The van der Waals surface area contributed by atoms with Gasteiger partial charge in [0.2, 0.25) is 0 Å². The summed E-state index contributed by atoms with van der Waals surface area (Å²) < 4.78 is 45.4. The van der Waals surface area contributed by atoms with Crippen molar-refractivity contribution in [1.29, 1.82) is 0 Å². The van der Waals surface area contributed by atoms with Crippen molar-refractivity contribution in [3.8, 4) is 0 Å². The van der Waals surface area contributed by atoms with Crippen LogP contribution in [0.3, 0.4) is 0 Å². The maximum Gasteiger partial charge on any atom is 0.411 e. The molecule has 0 aliphatic rings. The minimum absolute atomic E-state index is 0.0525. The normalized spacial score (nSPS) is 14.2. The maximum absolute atomic E-state index is 11.9. The Morgan fingerprint density at radius 3 is 2.53 bits per heavy atom. The minimum Gasteiger partial charge on any atom is -0.464 e. The minimum atomic E-state index is -4.35. The molecule has 6 heteroatoms. The van der Waals surface area contributed by atoms with Crippen LogP contribution in [0.15, 0.2) is 16.5 Å². The van der Waals surface area contributed by atoms with E-state index in [9.17, 15) is 13.2 Å². The summed E-state index contributed by atoms with van der Waals surface area (Å²) in [5, 5.41) is 0. The lowest BCUT2D eigenvalue weighted by atomic mass is 10.3. The third-order valence-corrected chi connectivity index (χ3v) is 1.74. The molecule has 0 fully saturated rings. The molecule has 0 saturated heterocycles. The van der Waals surface area contributed by atoms with Gasteiger partial charge in [0.1, 0.15) is 24.2 Å². The van der Waals surface area contributed by atoms with Gasteiger partial charge in [0.25, 0.3) is 0 Å². The molecule has 1 unspecified atom stereocenters. The maximum atomic E-state index is 11.9. The molecule has 0 spiro atoms. The fourth-order valence-corrected chi connectivity index (χ4v) is 1.09. The lowest BCUT2D eigenvalue weighted by Crippen LogP contribution is -2.23. The quantitative estimate of drug-likeness (QED) is 0.850. The van der Waals surface area contributed by atoms with E-state index >= 15 is 0 Å². The van der Waals surface area contributed by atoms with Gasteiger partial charge in [0, 0.05) is 6.54 Å². The first-order chi connectivity index (χ1) is 6.92. The van der Waals surface area contributed by atoms with Crippen LogP contribution < -0.4 is 5.73 Å². The van der Waals surface area contributed by atoms with E-state index in [1.807, 2.05) is 0 Å². The predicted octanol–water partition coefficient (Wildman–Crippen LogP) is 2.17. The first-order valence-electron chi connectivity index (χ1n) is 4.37. The molecule has 2 N–H and O–H groups in total. The molecule has 0 radical (unpaired) electrons. The zero-order valence-electron chi connectivity index (χ0n) is 8.17. The highest BCUT2D eigenvalue weighted by atomic mass is 19.4. The number of hydrogen-bond acceptors (Lipinski definition) is 3. The Bertz CT molecular complexity index is 309. The van der Waals surface area contributed by atoms with Gasteiger partial charge in [0.05, 0.1) is 0 Å². The second kappa shape index (κ2) is 4.67. The molecular weight excluding hydrogens is 211 g/mol. The summed E-state index contributed by atoms with van der Waals surface area (Å²) in [5.74, 6) is 0.929. The summed E-state index contributed by atoms with van der Waals surface area (Å²) in [4.78, 5) is 0. The van der Waals surface area contributed by atoms with Crippen molar-refractivity contribution in [2.24, 2.45) is 5.73 Å². The van der Waals surface area contributed by atoms with Crippen molar-refractivity contribution in [1.82, 2.24) is 0 Å². The van der Waals surface area contributed by atoms with Crippen molar-refractivity contribution < 1.29 is 22.3 Å². The standard InChI is InChI=1S/C9H12F3NO2/c1-6-2-3-7(15-6)8(4-13)14-5-9(10,11)12/h2-3,8H,4-5,13H2,1H3. The number of alkyl halides is 3. The first-order valence-corrected chi connectivity index (χ1v) is 4.37. The molecule has 1 heterocycles. The lowest BCUT2D eigenvalue weighted by Gasteiger charge is -2.14. The topological polar surface area (TPSA) is 48.4 Å². The lowest BCUT2D eigenvalue weighted by molar-refractivity contribution is -0.186. The molecule has 0 saturated carbocycles. The van der Waals surface area contributed by atoms with Crippen LogP contribution in [0.4, 0.5) is 13.2 Å². The molecule has 1 rings (SSSR count). The second-order valence-electron chi connectivity index (χ2n) is 3.10. The molecular formula is C9H12F3NO2. The van der Waals surface area contributed by atoms with Crippen molar-refractivity contribution in [2.45, 2.75) is 19.2 Å². The average molecular weight is 223 g/mol. The summed E-state index contributed by atoms with van der Waals surface area (Å²) in [6.07, 6.45) is -5.20. The number of ether oxygens (including phenoxy) is 1. The van der Waals surface area contributed by atoms with Crippen LogP contribution in [0.25, 0.3) is 0 Å². The van der Waals surface area contributed by atoms with E-state index in [-0.39, 0.29) is 6.54 Å². The van der Waals surface area contributed by atoms with Gasteiger partial charge in [-0.2, -0.15) is 13.2 Å². The predicted molar refractivity (Wildman–Crippen MR) is 47.2 cm³/mol. The van der Waals surface area contributed by atoms with E-state index in [4.69, 9.17) is 10.2 Å². The Morgan fingerprint density at radius 2 is 2.13 bits per heavy atom. The number of hydrogen-bond donors (Lipinski definition) is 1. The molecule has 3 nitrogen and oxygen atoms in total. The monoisotopic (exact) mass is 223 g/mol. The third kappa shape index (κ3) is 3.93. The van der Waals surface area contributed by atoms with Gasteiger partial charge in [-0.15, -0.1) is 0 Å². The molecule has 0 amide bonds. The Hall–Kier alpha value is -1.01. The number of nitrogens with two attached hydrogens (primary N) is 1. The van der Waals surface area contributed by atoms with Crippen LogP contribution in [0, 0.1) is 6.92 Å². The zero-order valence-corrected chi connectivity index (χ0v) is 8.17. The van der Waals surface area contributed by atoms with Crippen molar-refractivity contribution in [3.63, 3.8) is 0 Å². The van der Waals surface area contributed by atoms with Crippen LogP contribution in [0.5, 0.6) is 0 Å². The Kier molecular flexibility index (Phi) is 3.76. The molecule has 1 atom stereocenters. The summed E-state index contributed by atoms with van der Waals surface area (Å²) in [6, 6.07) is 3.21. The third-order valence-electron chi connectivity index (χ3n) is 1.74. The Labute approximate surface area is 85.0 Å². The largest absolute Gasteiger partial charge is 0.464 e. The van der Waals surface area contributed by atoms with Gasteiger partial charge in [0.15, 0.2) is 0 Å². The van der Waals surface area contributed by atoms with Gasteiger partial charge in [-0.3, -0.25) is 0 Å². The molecule has 0 aliphatic heterocycles. The van der Waals surface area contributed by atoms with Crippen LogP contribution in [-0.2, 0) is 4.74 Å². The number of aryl methyl sites for hydroxylation is 1. The van der Waals surface area contributed by atoms with Crippen molar-refractivity contribution >= 4 is 0 Å². The number of halogens is 3. The van der Waals surface area contributed by atoms with Crippen LogP contribution in [-0.4, -0.2) is 19.3 Å². The number of furan rings is 1. The highest BCUT2D eigenvalue weighted by Gasteiger charge is 2.30. The Balaban J connectivity index is 2.57. The Morgan fingerprint density at radius 1 is 1.47 bits per heavy atom. The molecule has 0 aromatic carbocycles. The van der Waals surface area contributed by atoms with Gasteiger partial charge in [-0.05, 0) is 19.1 Å². The van der Waals surface area contributed by atoms with E-state index in [2.05, 4.69) is 4.74 Å². The van der Waals surface area contributed by atoms with E-state index in [0.717, 1.165) is 0 Å². The van der Waals surface area contributed by atoms with E-state index in [1.54, 1.807) is 19.1 Å². The van der Waals surface area contributed by atoms with Crippen molar-refractivity contribution in [2.75, 3.05) is 13.2 Å². The fourth-order valence-electron chi connectivity index (χ4n) is 1.09. The van der Waals surface area contributed by atoms with Crippen LogP contribution in [0.1, 0.15) is 17.6 Å². The van der Waals surface area contributed by atoms with Crippen LogP contribution >= 0.6 is 0 Å². The summed E-state index contributed by atoms with van der Waals surface area (Å²) in [5.41, 5.74) is 5.29. The molecule has 0 bridgehead atoms. The molecule has 1 aromatic heterocycles. The smallest absolute Gasteiger partial charge is 0.411 e. The summed E-state index contributed by atoms with van der Waals surface area (Å²) in [6.45, 7) is 0.318. The molecule has 0 aliphatic carbocycles. The van der Waals surface area contributed by atoms with E-state index in [0.29, 0.717) is 11.5 Å². The average Bonchev–Trinajstić information content (AvgIpc) is 2.51.